The Morgan fingerprint density at radius 3 is 2.67 bits per heavy atom. The predicted molar refractivity (Wildman–Crippen MR) is 60.4 cm³/mol. The Bertz CT molecular complexity index is 249. The molecule has 15 heavy (non-hydrogen) atoms. The summed E-state index contributed by atoms with van der Waals surface area (Å²) in [5.74, 6) is 1.30. The Labute approximate surface area is 92.0 Å². The van der Waals surface area contributed by atoms with Crippen molar-refractivity contribution in [3.8, 4) is 0 Å². The third kappa shape index (κ3) is 1.74. The van der Waals surface area contributed by atoms with Gasteiger partial charge in [0.15, 0.2) is 0 Å². The fourth-order valence-corrected chi connectivity index (χ4v) is 3.67. The molecule has 2 rings (SSSR count). The van der Waals surface area contributed by atoms with Gasteiger partial charge >= 0.3 is 0 Å². The van der Waals surface area contributed by atoms with Crippen LogP contribution in [0.1, 0.15) is 32.6 Å². The van der Waals surface area contributed by atoms with Crippen LogP contribution in [-0.2, 0) is 0 Å². The quantitative estimate of drug-likeness (QED) is 0.684. The summed E-state index contributed by atoms with van der Waals surface area (Å²) in [5.41, 5.74) is 0.217. The number of rotatable bonds is 2. The molecule has 0 bridgehead atoms. The zero-order valence-electron chi connectivity index (χ0n) is 9.52. The SMILES string of the molecule is C[C@]12CC=CC[C@@H]1CC[C@H](CO)[C@H]2CO. The van der Waals surface area contributed by atoms with Gasteiger partial charge in [0, 0.05) is 13.2 Å². The summed E-state index contributed by atoms with van der Waals surface area (Å²) in [6.07, 6.45) is 9.04. The molecule has 0 heterocycles. The molecule has 2 aliphatic carbocycles. The summed E-state index contributed by atoms with van der Waals surface area (Å²) in [6.45, 7) is 2.76. The van der Waals surface area contributed by atoms with Crippen molar-refractivity contribution in [1.29, 1.82) is 0 Å². The van der Waals surface area contributed by atoms with Gasteiger partial charge in [-0.2, -0.15) is 0 Å². The van der Waals surface area contributed by atoms with E-state index in [9.17, 15) is 10.2 Å². The van der Waals surface area contributed by atoms with Crippen LogP contribution in [0.5, 0.6) is 0 Å². The largest absolute Gasteiger partial charge is 0.396 e. The highest BCUT2D eigenvalue weighted by molar-refractivity contribution is 5.06. The van der Waals surface area contributed by atoms with E-state index in [2.05, 4.69) is 19.1 Å². The molecule has 4 atom stereocenters. The van der Waals surface area contributed by atoms with E-state index < -0.39 is 0 Å². The van der Waals surface area contributed by atoms with Crippen molar-refractivity contribution in [2.45, 2.75) is 32.6 Å². The van der Waals surface area contributed by atoms with Crippen LogP contribution in [-0.4, -0.2) is 23.4 Å². The van der Waals surface area contributed by atoms with E-state index in [4.69, 9.17) is 0 Å². The molecular formula is C13H22O2. The van der Waals surface area contributed by atoms with Gasteiger partial charge in [-0.05, 0) is 48.9 Å². The topological polar surface area (TPSA) is 40.5 Å². The molecule has 1 fully saturated rings. The van der Waals surface area contributed by atoms with Gasteiger partial charge in [-0.3, -0.25) is 0 Å². The zero-order chi connectivity index (χ0) is 10.9. The lowest BCUT2D eigenvalue weighted by molar-refractivity contribution is -0.0520. The van der Waals surface area contributed by atoms with Gasteiger partial charge in [-0.15, -0.1) is 0 Å². The van der Waals surface area contributed by atoms with Gasteiger partial charge in [-0.1, -0.05) is 19.1 Å². The normalized spacial score (nSPS) is 45.1. The third-order valence-corrected chi connectivity index (χ3v) is 4.81. The summed E-state index contributed by atoms with van der Waals surface area (Å²) in [6, 6.07) is 0. The van der Waals surface area contributed by atoms with Crippen LogP contribution in [0.2, 0.25) is 0 Å². The molecule has 0 aromatic carbocycles. The molecule has 0 radical (unpaired) electrons. The van der Waals surface area contributed by atoms with Gasteiger partial charge in [-0.25, -0.2) is 0 Å². The molecule has 2 heteroatoms. The molecule has 86 valence electrons. The molecule has 2 N–H and O–H groups in total. The highest BCUT2D eigenvalue weighted by Crippen LogP contribution is 2.53. The second-order valence-electron chi connectivity index (χ2n) is 5.42. The van der Waals surface area contributed by atoms with Gasteiger partial charge in [0.1, 0.15) is 0 Å². The van der Waals surface area contributed by atoms with Crippen molar-refractivity contribution in [3.63, 3.8) is 0 Å². The Morgan fingerprint density at radius 2 is 2.00 bits per heavy atom. The van der Waals surface area contributed by atoms with Crippen LogP contribution in [0.4, 0.5) is 0 Å². The van der Waals surface area contributed by atoms with Crippen LogP contribution in [0.3, 0.4) is 0 Å². The summed E-state index contributed by atoms with van der Waals surface area (Å²) in [7, 11) is 0. The van der Waals surface area contributed by atoms with Crippen molar-refractivity contribution >= 4 is 0 Å². The molecule has 0 saturated heterocycles. The molecule has 0 unspecified atom stereocenters. The van der Waals surface area contributed by atoms with E-state index in [1.165, 1.54) is 6.42 Å². The molecular weight excluding hydrogens is 188 g/mol. The Balaban J connectivity index is 2.23. The molecule has 0 amide bonds. The minimum absolute atomic E-state index is 0.217. The van der Waals surface area contributed by atoms with Crippen LogP contribution < -0.4 is 0 Å². The second kappa shape index (κ2) is 4.26. The molecule has 1 saturated carbocycles. The maximum Gasteiger partial charge on any atom is 0.0468 e. The number of aliphatic hydroxyl groups is 2. The monoisotopic (exact) mass is 210 g/mol. The minimum atomic E-state index is 0.217. The van der Waals surface area contributed by atoms with Gasteiger partial charge < -0.3 is 10.2 Å². The number of fused-ring (bicyclic) bond motifs is 1. The smallest absolute Gasteiger partial charge is 0.0468 e. The van der Waals surface area contributed by atoms with E-state index in [0.29, 0.717) is 11.8 Å². The van der Waals surface area contributed by atoms with Crippen LogP contribution in [0.15, 0.2) is 12.2 Å². The first-order valence-electron chi connectivity index (χ1n) is 6.09. The van der Waals surface area contributed by atoms with Crippen molar-refractivity contribution in [2.75, 3.05) is 13.2 Å². The van der Waals surface area contributed by atoms with E-state index >= 15 is 0 Å². The van der Waals surface area contributed by atoms with Crippen molar-refractivity contribution in [3.05, 3.63) is 12.2 Å². The standard InChI is InChI=1S/C13H22O2/c1-13-7-3-2-4-11(13)6-5-10(8-14)12(13)9-15/h2-3,10-12,14-15H,4-9H2,1H3/t10-,11-,12-,13+/m1/s1. The average Bonchev–Trinajstić information content (AvgIpc) is 2.26. The molecule has 0 aromatic rings. The zero-order valence-corrected chi connectivity index (χ0v) is 9.52. The molecule has 2 nitrogen and oxygen atoms in total. The van der Waals surface area contributed by atoms with Gasteiger partial charge in [0.05, 0.1) is 0 Å². The fourth-order valence-electron chi connectivity index (χ4n) is 3.67. The lowest BCUT2D eigenvalue weighted by Crippen LogP contribution is -2.47. The number of hydrogen-bond donors (Lipinski definition) is 2. The first-order chi connectivity index (χ1) is 7.22. The summed E-state index contributed by atoms with van der Waals surface area (Å²) in [5, 5.41) is 18.9. The van der Waals surface area contributed by atoms with Crippen molar-refractivity contribution < 1.29 is 10.2 Å². The predicted octanol–water partition coefficient (Wildman–Crippen LogP) is 1.97. The van der Waals surface area contributed by atoms with E-state index in [-0.39, 0.29) is 24.5 Å². The lowest BCUT2D eigenvalue weighted by atomic mass is 9.54. The number of aliphatic hydroxyl groups excluding tert-OH is 2. The van der Waals surface area contributed by atoms with Gasteiger partial charge in [0.25, 0.3) is 0 Å². The Morgan fingerprint density at radius 1 is 1.20 bits per heavy atom. The summed E-state index contributed by atoms with van der Waals surface area (Å²) >= 11 is 0. The lowest BCUT2D eigenvalue weighted by Gasteiger charge is -2.51. The molecule has 0 spiro atoms. The maximum absolute atomic E-state index is 9.56. The minimum Gasteiger partial charge on any atom is -0.396 e. The van der Waals surface area contributed by atoms with E-state index in [1.807, 2.05) is 0 Å². The average molecular weight is 210 g/mol. The van der Waals surface area contributed by atoms with Gasteiger partial charge in [0.2, 0.25) is 0 Å². The Hall–Kier alpha value is -0.340. The fraction of sp³-hybridized carbons (Fsp3) is 0.846. The van der Waals surface area contributed by atoms with E-state index in [0.717, 1.165) is 19.3 Å². The van der Waals surface area contributed by atoms with Crippen LogP contribution in [0.25, 0.3) is 0 Å². The maximum atomic E-state index is 9.56. The number of hydrogen-bond acceptors (Lipinski definition) is 2. The van der Waals surface area contributed by atoms with E-state index in [1.54, 1.807) is 0 Å². The number of allylic oxidation sites excluding steroid dienone is 2. The highest BCUT2D eigenvalue weighted by atomic mass is 16.3. The Kier molecular flexibility index (Phi) is 3.17. The second-order valence-corrected chi connectivity index (χ2v) is 5.42. The van der Waals surface area contributed by atoms with Crippen molar-refractivity contribution in [1.82, 2.24) is 0 Å². The molecule has 0 aromatic heterocycles. The first-order valence-corrected chi connectivity index (χ1v) is 6.09. The molecule has 2 aliphatic rings. The summed E-state index contributed by atoms with van der Waals surface area (Å²) < 4.78 is 0. The summed E-state index contributed by atoms with van der Waals surface area (Å²) in [4.78, 5) is 0. The highest BCUT2D eigenvalue weighted by Gasteiger charge is 2.47. The van der Waals surface area contributed by atoms with Crippen molar-refractivity contribution in [2.24, 2.45) is 23.2 Å². The first kappa shape index (κ1) is 11.2. The van der Waals surface area contributed by atoms with Crippen LogP contribution in [0, 0.1) is 23.2 Å². The van der Waals surface area contributed by atoms with Crippen LogP contribution >= 0.6 is 0 Å². The molecule has 0 aliphatic heterocycles. The third-order valence-electron chi connectivity index (χ3n) is 4.81.